The van der Waals surface area contributed by atoms with E-state index < -0.39 is 0 Å². The van der Waals surface area contributed by atoms with Crippen molar-refractivity contribution >= 4 is 18.1 Å². The molecule has 3 aliphatic rings. The number of ether oxygens (including phenoxy) is 1. The molecule has 0 heterocycles. The molecule has 3 aromatic carbocycles. The summed E-state index contributed by atoms with van der Waals surface area (Å²) in [4.78, 5) is 11.8. The van der Waals surface area contributed by atoms with E-state index >= 15 is 0 Å². The first kappa shape index (κ1) is 28.6. The molecule has 0 aliphatic heterocycles. The van der Waals surface area contributed by atoms with Crippen LogP contribution in [0.5, 0.6) is 23.0 Å². The predicted molar refractivity (Wildman–Crippen MR) is 160 cm³/mol. The van der Waals surface area contributed by atoms with Gasteiger partial charge in [0.25, 0.3) is 0 Å². The SMILES string of the molecule is CCC(=O)OC1CCC2C3CCc4cc(O)ccc4C3CCC12C.Oc1ccc(C=Cc2cc(O)cc(O)c2)cc1. The zero-order chi connectivity index (χ0) is 29.1. The van der Waals surface area contributed by atoms with Crippen LogP contribution in [0.4, 0.5) is 0 Å². The lowest BCUT2D eigenvalue weighted by molar-refractivity contribution is -0.157. The van der Waals surface area contributed by atoms with E-state index in [0.29, 0.717) is 35.5 Å². The van der Waals surface area contributed by atoms with Crippen molar-refractivity contribution in [3.63, 3.8) is 0 Å². The van der Waals surface area contributed by atoms with Crippen LogP contribution in [0, 0.1) is 17.3 Å². The van der Waals surface area contributed by atoms with E-state index in [9.17, 15) is 20.1 Å². The predicted octanol–water partition coefficient (Wildman–Crippen LogP) is 7.54. The van der Waals surface area contributed by atoms with Crippen molar-refractivity contribution in [2.45, 2.75) is 70.8 Å². The molecule has 216 valence electrons. The maximum absolute atomic E-state index is 11.8. The smallest absolute Gasteiger partial charge is 0.305 e. The number of phenols is 4. The molecule has 2 fully saturated rings. The molecule has 2 saturated carbocycles. The Hall–Kier alpha value is -3.93. The molecule has 5 unspecified atom stereocenters. The molecule has 0 spiro atoms. The number of fused-ring (bicyclic) bond motifs is 5. The number of rotatable bonds is 4. The minimum absolute atomic E-state index is 0.0235. The van der Waals surface area contributed by atoms with E-state index in [1.54, 1.807) is 42.5 Å². The highest BCUT2D eigenvalue weighted by atomic mass is 16.5. The van der Waals surface area contributed by atoms with Crippen LogP contribution in [0.3, 0.4) is 0 Å². The lowest BCUT2D eigenvalue weighted by Gasteiger charge is -2.50. The summed E-state index contributed by atoms with van der Waals surface area (Å²) in [5.74, 6) is 2.59. The molecule has 3 aromatic rings. The maximum atomic E-state index is 11.8. The van der Waals surface area contributed by atoms with Crippen molar-refractivity contribution in [3.05, 3.63) is 82.9 Å². The summed E-state index contributed by atoms with van der Waals surface area (Å²) in [5.41, 5.74) is 4.58. The Morgan fingerprint density at radius 3 is 2.22 bits per heavy atom. The zero-order valence-electron chi connectivity index (χ0n) is 23.8. The molecule has 5 atom stereocenters. The lowest BCUT2D eigenvalue weighted by Crippen LogP contribution is -2.45. The molecule has 0 saturated heterocycles. The number of carbonyl (C=O) groups is 1. The summed E-state index contributed by atoms with van der Waals surface area (Å²) in [6.45, 7) is 4.24. The summed E-state index contributed by atoms with van der Waals surface area (Å²) in [6, 6.07) is 17.1. The highest BCUT2D eigenvalue weighted by Crippen LogP contribution is 2.61. The standard InChI is InChI=1S/C21H28O3.C14H12O3/c1-3-20(23)24-19-9-8-18-17-6-4-13-12-14(22)5-7-15(13)16(17)10-11-21(18,19)2;15-12-5-3-10(4-6-12)1-2-11-7-13(16)9-14(17)8-11/h5,7,12,16-19,22H,3-4,6,8-11H2,1-2H3;1-9,15-17H. The van der Waals surface area contributed by atoms with Crippen LogP contribution in [0.25, 0.3) is 12.2 Å². The van der Waals surface area contributed by atoms with Gasteiger partial charge in [-0.05, 0) is 115 Å². The topological polar surface area (TPSA) is 107 Å². The van der Waals surface area contributed by atoms with Crippen LogP contribution in [-0.2, 0) is 16.0 Å². The first-order valence-electron chi connectivity index (χ1n) is 14.7. The molecule has 3 aliphatic carbocycles. The van der Waals surface area contributed by atoms with Gasteiger partial charge in [-0.25, -0.2) is 0 Å². The molecule has 6 rings (SSSR count). The van der Waals surface area contributed by atoms with Crippen LogP contribution in [0.15, 0.2) is 60.7 Å². The Bertz CT molecular complexity index is 1390. The van der Waals surface area contributed by atoms with Crippen LogP contribution < -0.4 is 0 Å². The monoisotopic (exact) mass is 556 g/mol. The fourth-order valence-electron chi connectivity index (χ4n) is 7.45. The molecular weight excluding hydrogens is 516 g/mol. The van der Waals surface area contributed by atoms with Gasteiger partial charge in [0.15, 0.2) is 0 Å². The van der Waals surface area contributed by atoms with Crippen molar-refractivity contribution < 1.29 is 30.0 Å². The van der Waals surface area contributed by atoms with Gasteiger partial charge in [-0.1, -0.05) is 44.2 Å². The summed E-state index contributed by atoms with van der Waals surface area (Å²) in [6.07, 6.45) is 11.0. The Balaban J connectivity index is 0.000000175. The number of carbonyl (C=O) groups excluding carboxylic acids is 1. The summed E-state index contributed by atoms with van der Waals surface area (Å²) < 4.78 is 5.83. The third kappa shape index (κ3) is 6.22. The quantitative estimate of drug-likeness (QED) is 0.195. The van der Waals surface area contributed by atoms with Crippen molar-refractivity contribution in [1.82, 2.24) is 0 Å². The van der Waals surface area contributed by atoms with Crippen molar-refractivity contribution in [3.8, 4) is 23.0 Å². The number of hydrogen-bond donors (Lipinski definition) is 4. The van der Waals surface area contributed by atoms with Gasteiger partial charge in [0.05, 0.1) is 0 Å². The highest BCUT2D eigenvalue weighted by Gasteiger charge is 2.56. The Kier molecular flexibility index (Phi) is 8.30. The van der Waals surface area contributed by atoms with Crippen molar-refractivity contribution in [1.29, 1.82) is 0 Å². The Labute approximate surface area is 242 Å². The van der Waals surface area contributed by atoms with Gasteiger partial charge < -0.3 is 25.2 Å². The van der Waals surface area contributed by atoms with Crippen LogP contribution in [0.1, 0.15) is 80.5 Å². The van der Waals surface area contributed by atoms with Crippen LogP contribution >= 0.6 is 0 Å². The third-order valence-corrected chi connectivity index (χ3v) is 9.47. The summed E-state index contributed by atoms with van der Waals surface area (Å²) in [7, 11) is 0. The number of aryl methyl sites for hydroxylation is 1. The normalized spacial score (nSPS) is 26.3. The molecule has 41 heavy (non-hydrogen) atoms. The molecule has 6 heteroatoms. The third-order valence-electron chi connectivity index (χ3n) is 9.47. The van der Waals surface area contributed by atoms with Gasteiger partial charge in [0.1, 0.15) is 29.1 Å². The van der Waals surface area contributed by atoms with Gasteiger partial charge in [0, 0.05) is 17.9 Å². The Morgan fingerprint density at radius 2 is 1.51 bits per heavy atom. The van der Waals surface area contributed by atoms with E-state index in [-0.39, 0.29) is 34.7 Å². The molecule has 0 bridgehead atoms. The van der Waals surface area contributed by atoms with E-state index in [4.69, 9.17) is 9.84 Å². The molecule has 4 N–H and O–H groups in total. The minimum Gasteiger partial charge on any atom is -0.508 e. The second kappa shape index (κ2) is 11.9. The zero-order valence-corrected chi connectivity index (χ0v) is 23.8. The van der Waals surface area contributed by atoms with Gasteiger partial charge in [-0.15, -0.1) is 0 Å². The average Bonchev–Trinajstić information content (AvgIpc) is 3.28. The number of esters is 1. The lowest BCUT2D eigenvalue weighted by atomic mass is 9.55. The van der Waals surface area contributed by atoms with Gasteiger partial charge >= 0.3 is 5.97 Å². The van der Waals surface area contributed by atoms with E-state index in [1.165, 1.54) is 36.5 Å². The second-order valence-corrected chi connectivity index (χ2v) is 12.0. The fourth-order valence-corrected chi connectivity index (χ4v) is 7.45. The maximum Gasteiger partial charge on any atom is 0.305 e. The van der Waals surface area contributed by atoms with Crippen molar-refractivity contribution in [2.24, 2.45) is 17.3 Å². The van der Waals surface area contributed by atoms with E-state index in [2.05, 4.69) is 13.0 Å². The Morgan fingerprint density at radius 1 is 0.829 bits per heavy atom. The molecule has 6 nitrogen and oxygen atoms in total. The highest BCUT2D eigenvalue weighted by molar-refractivity contribution is 5.71. The number of benzene rings is 3. The van der Waals surface area contributed by atoms with Gasteiger partial charge in [0.2, 0.25) is 0 Å². The average molecular weight is 557 g/mol. The molecule has 0 aromatic heterocycles. The van der Waals surface area contributed by atoms with Gasteiger partial charge in [-0.3, -0.25) is 4.79 Å². The number of phenolic OH excluding ortho intramolecular Hbond substituents is 4. The van der Waals surface area contributed by atoms with Crippen molar-refractivity contribution in [2.75, 3.05) is 0 Å². The van der Waals surface area contributed by atoms with Crippen LogP contribution in [0.2, 0.25) is 0 Å². The van der Waals surface area contributed by atoms with Crippen LogP contribution in [-0.4, -0.2) is 32.5 Å². The fraction of sp³-hybridized carbons (Fsp3) is 0.400. The largest absolute Gasteiger partial charge is 0.508 e. The van der Waals surface area contributed by atoms with E-state index in [1.807, 2.05) is 25.1 Å². The molecule has 0 amide bonds. The number of hydrogen-bond acceptors (Lipinski definition) is 6. The minimum atomic E-state index is -0.0477. The van der Waals surface area contributed by atoms with E-state index in [0.717, 1.165) is 24.8 Å². The number of aromatic hydroxyl groups is 4. The molecular formula is C35H40O6. The summed E-state index contributed by atoms with van der Waals surface area (Å²) >= 11 is 0. The molecule has 0 radical (unpaired) electrons. The second-order valence-electron chi connectivity index (χ2n) is 12.0. The van der Waals surface area contributed by atoms with Gasteiger partial charge in [-0.2, -0.15) is 0 Å². The first-order valence-corrected chi connectivity index (χ1v) is 14.7. The summed E-state index contributed by atoms with van der Waals surface area (Å²) in [5, 5.41) is 37.5. The first-order chi connectivity index (χ1) is 19.7.